The Morgan fingerprint density at radius 3 is 2.60 bits per heavy atom. The van der Waals surface area contributed by atoms with Gasteiger partial charge in [0.05, 0.1) is 12.8 Å². The number of aromatic nitrogens is 2. The topological polar surface area (TPSA) is 61.0 Å². The quantitative estimate of drug-likeness (QED) is 0.723. The average Bonchev–Trinajstić information content (AvgIpc) is 2.47. The molecular weight excluding hydrogens is 250 g/mol. The minimum absolute atomic E-state index is 0.709. The van der Waals surface area contributed by atoms with Crippen LogP contribution in [0.5, 0.6) is 5.75 Å². The van der Waals surface area contributed by atoms with Crippen molar-refractivity contribution in [2.24, 2.45) is 0 Å². The maximum absolute atomic E-state index is 5.85. The summed E-state index contributed by atoms with van der Waals surface area (Å²) in [6.07, 6.45) is 0. The summed E-state index contributed by atoms with van der Waals surface area (Å²) in [7, 11) is 1.66. The van der Waals surface area contributed by atoms with Crippen molar-refractivity contribution in [3.63, 3.8) is 0 Å². The minimum Gasteiger partial charge on any atom is -0.497 e. The van der Waals surface area contributed by atoms with E-state index in [0.717, 1.165) is 33.5 Å². The number of benzene rings is 2. The van der Waals surface area contributed by atoms with Crippen LogP contribution >= 0.6 is 0 Å². The number of nitrogens with zero attached hydrogens (tertiary/aromatic N) is 2. The van der Waals surface area contributed by atoms with Crippen LogP contribution in [0.15, 0.2) is 42.5 Å². The van der Waals surface area contributed by atoms with Crippen molar-refractivity contribution >= 4 is 16.5 Å². The Morgan fingerprint density at radius 2 is 1.85 bits per heavy atom. The van der Waals surface area contributed by atoms with Crippen LogP contribution in [0.1, 0.15) is 5.69 Å². The fraction of sp³-hybridized carbons (Fsp3) is 0.125. The molecule has 0 aliphatic carbocycles. The smallest absolute Gasteiger partial charge is 0.119 e. The maximum atomic E-state index is 5.85. The van der Waals surface area contributed by atoms with Crippen LogP contribution in [-0.4, -0.2) is 17.3 Å². The standard InChI is InChI=1S/C16H15N3O/c1-10-14-7-6-13(20-2)9-15(14)16(19-18-10)11-4-3-5-12(17)8-11/h3-9H,17H2,1-2H3. The second kappa shape index (κ2) is 4.81. The lowest BCUT2D eigenvalue weighted by Crippen LogP contribution is -1.95. The van der Waals surface area contributed by atoms with Crippen molar-refractivity contribution in [1.29, 1.82) is 0 Å². The van der Waals surface area contributed by atoms with Crippen LogP contribution in [0, 0.1) is 6.92 Å². The molecule has 0 unspecified atom stereocenters. The molecule has 0 bridgehead atoms. The number of hydrogen-bond acceptors (Lipinski definition) is 4. The van der Waals surface area contributed by atoms with E-state index in [-0.39, 0.29) is 0 Å². The molecule has 0 radical (unpaired) electrons. The molecule has 4 heteroatoms. The minimum atomic E-state index is 0.709. The van der Waals surface area contributed by atoms with Gasteiger partial charge in [-0.05, 0) is 37.3 Å². The van der Waals surface area contributed by atoms with Gasteiger partial charge in [0, 0.05) is 22.0 Å². The zero-order valence-electron chi connectivity index (χ0n) is 11.4. The number of ether oxygens (including phenoxy) is 1. The largest absolute Gasteiger partial charge is 0.497 e. The Kier molecular flexibility index (Phi) is 2.99. The highest BCUT2D eigenvalue weighted by Crippen LogP contribution is 2.30. The summed E-state index contributed by atoms with van der Waals surface area (Å²) in [6.45, 7) is 1.95. The lowest BCUT2D eigenvalue weighted by molar-refractivity contribution is 0.415. The van der Waals surface area contributed by atoms with E-state index in [4.69, 9.17) is 10.5 Å². The number of methoxy groups -OCH3 is 1. The second-order valence-electron chi connectivity index (χ2n) is 4.67. The van der Waals surface area contributed by atoms with Gasteiger partial charge < -0.3 is 10.5 Å². The van der Waals surface area contributed by atoms with Crippen LogP contribution in [0.25, 0.3) is 22.0 Å². The van der Waals surface area contributed by atoms with Gasteiger partial charge in [-0.2, -0.15) is 5.10 Å². The molecule has 1 heterocycles. The van der Waals surface area contributed by atoms with E-state index in [1.807, 2.05) is 49.4 Å². The first-order valence-electron chi connectivity index (χ1n) is 6.36. The molecule has 0 aliphatic rings. The highest BCUT2D eigenvalue weighted by Gasteiger charge is 2.10. The first-order valence-corrected chi connectivity index (χ1v) is 6.36. The lowest BCUT2D eigenvalue weighted by atomic mass is 10.0. The van der Waals surface area contributed by atoms with Crippen LogP contribution in [0.3, 0.4) is 0 Å². The third-order valence-corrected chi connectivity index (χ3v) is 3.33. The summed E-state index contributed by atoms with van der Waals surface area (Å²) in [5.41, 5.74) is 9.23. The average molecular weight is 265 g/mol. The van der Waals surface area contributed by atoms with Gasteiger partial charge in [-0.3, -0.25) is 0 Å². The molecule has 3 aromatic rings. The summed E-state index contributed by atoms with van der Waals surface area (Å²) in [4.78, 5) is 0. The van der Waals surface area contributed by atoms with Crippen LogP contribution in [0.4, 0.5) is 5.69 Å². The first kappa shape index (κ1) is 12.4. The highest BCUT2D eigenvalue weighted by molar-refractivity contribution is 5.96. The van der Waals surface area contributed by atoms with Crippen molar-refractivity contribution < 1.29 is 4.74 Å². The first-order chi connectivity index (χ1) is 9.69. The van der Waals surface area contributed by atoms with Crippen LogP contribution in [0.2, 0.25) is 0 Å². The predicted molar refractivity (Wildman–Crippen MR) is 80.7 cm³/mol. The number of anilines is 1. The van der Waals surface area contributed by atoms with Gasteiger partial charge in [0.25, 0.3) is 0 Å². The van der Waals surface area contributed by atoms with E-state index < -0.39 is 0 Å². The summed E-state index contributed by atoms with van der Waals surface area (Å²) in [5.74, 6) is 0.801. The van der Waals surface area contributed by atoms with E-state index in [9.17, 15) is 0 Å². The third kappa shape index (κ3) is 2.05. The number of nitrogens with two attached hydrogens (primary N) is 1. The molecule has 2 aromatic carbocycles. The number of rotatable bonds is 2. The Labute approximate surface area is 117 Å². The molecule has 0 saturated heterocycles. The molecule has 0 atom stereocenters. The van der Waals surface area contributed by atoms with Crippen molar-refractivity contribution in [3.05, 3.63) is 48.2 Å². The fourth-order valence-corrected chi connectivity index (χ4v) is 2.29. The van der Waals surface area contributed by atoms with Gasteiger partial charge in [-0.1, -0.05) is 12.1 Å². The van der Waals surface area contributed by atoms with E-state index >= 15 is 0 Å². The summed E-state index contributed by atoms with van der Waals surface area (Å²) in [6, 6.07) is 13.6. The van der Waals surface area contributed by atoms with Crippen molar-refractivity contribution in [2.75, 3.05) is 12.8 Å². The van der Waals surface area contributed by atoms with Gasteiger partial charge in [0.2, 0.25) is 0 Å². The van der Waals surface area contributed by atoms with E-state index in [2.05, 4.69) is 10.2 Å². The van der Waals surface area contributed by atoms with Gasteiger partial charge >= 0.3 is 0 Å². The molecule has 1 aromatic heterocycles. The van der Waals surface area contributed by atoms with Crippen molar-refractivity contribution in [3.8, 4) is 17.0 Å². The second-order valence-corrected chi connectivity index (χ2v) is 4.67. The molecule has 20 heavy (non-hydrogen) atoms. The molecule has 0 spiro atoms. The Hall–Kier alpha value is -2.62. The Morgan fingerprint density at radius 1 is 1.00 bits per heavy atom. The van der Waals surface area contributed by atoms with E-state index in [0.29, 0.717) is 5.69 Å². The maximum Gasteiger partial charge on any atom is 0.119 e. The molecule has 4 nitrogen and oxygen atoms in total. The Balaban J connectivity index is 2.32. The molecule has 0 fully saturated rings. The van der Waals surface area contributed by atoms with Gasteiger partial charge in [0.15, 0.2) is 0 Å². The third-order valence-electron chi connectivity index (χ3n) is 3.33. The molecule has 3 rings (SSSR count). The van der Waals surface area contributed by atoms with Gasteiger partial charge in [-0.25, -0.2) is 0 Å². The predicted octanol–water partition coefficient (Wildman–Crippen LogP) is 3.20. The normalized spacial score (nSPS) is 10.7. The Bertz CT molecular complexity index is 784. The summed E-state index contributed by atoms with van der Waals surface area (Å²) >= 11 is 0. The van der Waals surface area contributed by atoms with Crippen molar-refractivity contribution in [2.45, 2.75) is 6.92 Å². The SMILES string of the molecule is COc1ccc2c(C)nnc(-c3cccc(N)c3)c2c1. The van der Waals surface area contributed by atoms with E-state index in [1.54, 1.807) is 7.11 Å². The number of hydrogen-bond donors (Lipinski definition) is 1. The van der Waals surface area contributed by atoms with Gasteiger partial charge in [0.1, 0.15) is 11.4 Å². The molecular formula is C16H15N3O. The van der Waals surface area contributed by atoms with E-state index in [1.165, 1.54) is 0 Å². The van der Waals surface area contributed by atoms with Crippen LogP contribution in [-0.2, 0) is 0 Å². The number of nitrogen functional groups attached to an aromatic ring is 1. The summed E-state index contributed by atoms with van der Waals surface area (Å²) < 4.78 is 5.30. The van der Waals surface area contributed by atoms with Crippen LogP contribution < -0.4 is 10.5 Å². The zero-order chi connectivity index (χ0) is 14.1. The molecule has 0 aliphatic heterocycles. The molecule has 0 amide bonds. The fourth-order valence-electron chi connectivity index (χ4n) is 2.29. The monoisotopic (exact) mass is 265 g/mol. The molecule has 2 N–H and O–H groups in total. The number of fused-ring (bicyclic) bond motifs is 1. The molecule has 0 saturated carbocycles. The zero-order valence-corrected chi connectivity index (χ0v) is 11.4. The number of aryl methyl sites for hydroxylation is 1. The highest BCUT2D eigenvalue weighted by atomic mass is 16.5. The summed E-state index contributed by atoms with van der Waals surface area (Å²) in [5, 5.41) is 10.7. The van der Waals surface area contributed by atoms with Crippen molar-refractivity contribution in [1.82, 2.24) is 10.2 Å². The lowest BCUT2D eigenvalue weighted by Gasteiger charge is -2.09. The molecule has 100 valence electrons. The van der Waals surface area contributed by atoms with Gasteiger partial charge in [-0.15, -0.1) is 5.10 Å².